The van der Waals surface area contributed by atoms with Gasteiger partial charge in [0.25, 0.3) is 0 Å². The molecule has 0 radical (unpaired) electrons. The summed E-state index contributed by atoms with van der Waals surface area (Å²) in [5, 5.41) is 11.7. The number of aromatic nitrogens is 2. The molecule has 182 valence electrons. The Labute approximate surface area is 219 Å². The highest BCUT2D eigenvalue weighted by atomic mass is 127. The normalized spacial score (nSPS) is 14.9. The topological polar surface area (TPSA) is 66.7 Å². The van der Waals surface area contributed by atoms with E-state index >= 15 is 0 Å². The molecule has 0 unspecified atom stereocenters. The average molecular weight is 575 g/mol. The lowest BCUT2D eigenvalue weighted by Crippen LogP contribution is -2.48. The van der Waals surface area contributed by atoms with Crippen LogP contribution in [0.25, 0.3) is 5.69 Å². The highest BCUT2D eigenvalue weighted by molar-refractivity contribution is 14.0. The highest BCUT2D eigenvalue weighted by Crippen LogP contribution is 2.15. The summed E-state index contributed by atoms with van der Waals surface area (Å²) in [5.41, 5.74) is 3.31. The average Bonchev–Trinajstić information content (AvgIpc) is 3.34. The number of halogens is 1. The smallest absolute Gasteiger partial charge is 0.191 e. The zero-order chi connectivity index (χ0) is 22.9. The molecule has 2 aromatic carbocycles. The van der Waals surface area contributed by atoms with Crippen LogP contribution in [-0.4, -0.2) is 53.4 Å². The maximum absolute atomic E-state index is 5.23. The summed E-state index contributed by atoms with van der Waals surface area (Å²) < 4.78 is 7.10. The lowest BCUT2D eigenvalue weighted by molar-refractivity contribution is 0.198. The fraction of sp³-hybridized carbons (Fsp3) is 0.385. The van der Waals surface area contributed by atoms with Crippen molar-refractivity contribution >= 4 is 29.9 Å². The summed E-state index contributed by atoms with van der Waals surface area (Å²) in [4.78, 5) is 7.32. The fourth-order valence-electron chi connectivity index (χ4n) is 4.08. The summed E-state index contributed by atoms with van der Waals surface area (Å²) in [7, 11) is 1.67. The van der Waals surface area contributed by atoms with E-state index in [4.69, 9.17) is 9.73 Å². The van der Waals surface area contributed by atoms with E-state index in [1.165, 1.54) is 5.56 Å². The first-order valence-electron chi connectivity index (χ1n) is 11.7. The van der Waals surface area contributed by atoms with Gasteiger partial charge in [-0.25, -0.2) is 9.67 Å². The Morgan fingerprint density at radius 2 is 1.79 bits per heavy atom. The molecule has 0 aliphatic carbocycles. The van der Waals surface area contributed by atoms with E-state index in [2.05, 4.69) is 57.9 Å². The predicted octanol–water partition coefficient (Wildman–Crippen LogP) is 4.22. The molecule has 1 fully saturated rings. The zero-order valence-electron chi connectivity index (χ0n) is 20.0. The number of rotatable bonds is 8. The molecule has 4 rings (SSSR count). The number of hydrogen-bond acceptors (Lipinski definition) is 4. The van der Waals surface area contributed by atoms with Crippen LogP contribution < -0.4 is 15.4 Å². The molecular weight excluding hydrogens is 539 g/mol. The third-order valence-corrected chi connectivity index (χ3v) is 5.90. The maximum Gasteiger partial charge on any atom is 0.191 e. The van der Waals surface area contributed by atoms with Gasteiger partial charge in [-0.05, 0) is 55.7 Å². The zero-order valence-corrected chi connectivity index (χ0v) is 22.3. The second kappa shape index (κ2) is 13.3. The molecule has 34 heavy (non-hydrogen) atoms. The van der Waals surface area contributed by atoms with Crippen LogP contribution in [0.5, 0.6) is 5.75 Å². The predicted molar refractivity (Wildman–Crippen MR) is 148 cm³/mol. The lowest BCUT2D eigenvalue weighted by atomic mass is 10.0. The van der Waals surface area contributed by atoms with Crippen molar-refractivity contribution in [2.45, 2.75) is 38.9 Å². The molecule has 2 N–H and O–H groups in total. The summed E-state index contributed by atoms with van der Waals surface area (Å²) in [6, 6.07) is 21.0. The second-order valence-corrected chi connectivity index (χ2v) is 8.33. The van der Waals surface area contributed by atoms with E-state index in [9.17, 15) is 0 Å². The van der Waals surface area contributed by atoms with Gasteiger partial charge in [-0.1, -0.05) is 30.3 Å². The fourth-order valence-corrected chi connectivity index (χ4v) is 4.08. The molecule has 7 nitrogen and oxygen atoms in total. The molecule has 1 aromatic heterocycles. The van der Waals surface area contributed by atoms with Crippen LogP contribution in [0, 0.1) is 0 Å². The molecule has 2 heterocycles. The molecule has 0 bridgehead atoms. The van der Waals surface area contributed by atoms with Crippen molar-refractivity contribution in [2.24, 2.45) is 4.99 Å². The van der Waals surface area contributed by atoms with Crippen LogP contribution in [0.1, 0.15) is 31.0 Å². The number of benzene rings is 2. The van der Waals surface area contributed by atoms with Crippen molar-refractivity contribution in [2.75, 3.05) is 26.7 Å². The van der Waals surface area contributed by atoms with Gasteiger partial charge in [0.15, 0.2) is 5.96 Å². The van der Waals surface area contributed by atoms with Gasteiger partial charge >= 0.3 is 0 Å². The molecule has 8 heteroatoms. The summed E-state index contributed by atoms with van der Waals surface area (Å²) in [5.74, 6) is 1.70. The number of piperidine rings is 1. The van der Waals surface area contributed by atoms with Crippen molar-refractivity contribution in [1.29, 1.82) is 0 Å². The van der Waals surface area contributed by atoms with Crippen molar-refractivity contribution < 1.29 is 4.74 Å². The molecule has 0 spiro atoms. The summed E-state index contributed by atoms with van der Waals surface area (Å²) >= 11 is 0. The molecule has 0 saturated carbocycles. The van der Waals surface area contributed by atoms with Gasteiger partial charge < -0.3 is 15.4 Å². The van der Waals surface area contributed by atoms with E-state index in [0.717, 1.165) is 62.1 Å². The monoisotopic (exact) mass is 574 g/mol. The van der Waals surface area contributed by atoms with Crippen molar-refractivity contribution in [1.82, 2.24) is 25.3 Å². The third kappa shape index (κ3) is 7.46. The van der Waals surface area contributed by atoms with Crippen LogP contribution in [0.4, 0.5) is 0 Å². The minimum Gasteiger partial charge on any atom is -0.497 e. The van der Waals surface area contributed by atoms with Gasteiger partial charge in [-0.2, -0.15) is 5.10 Å². The van der Waals surface area contributed by atoms with Crippen LogP contribution in [0.3, 0.4) is 0 Å². The van der Waals surface area contributed by atoms with Crippen LogP contribution >= 0.6 is 24.0 Å². The molecule has 1 saturated heterocycles. The first kappa shape index (κ1) is 26.0. The Hall–Kier alpha value is -2.59. The van der Waals surface area contributed by atoms with Crippen LogP contribution in [-0.2, 0) is 13.1 Å². The number of aliphatic imine (C=N–C) groups is 1. The standard InChI is InChI=1S/C26H34N6O.HI/c1-3-27-26(29-22-13-16-31(17-14-22)20-21-7-5-4-6-8-21)28-19-23-15-18-32(30-23)24-9-11-25(33-2)12-10-24;/h4-12,15,18,22H,3,13-14,16-17,19-20H2,1-2H3,(H2,27,28,29);1H. The quantitative estimate of drug-likeness (QED) is 0.240. The van der Waals surface area contributed by atoms with Gasteiger partial charge in [0, 0.05) is 38.4 Å². The van der Waals surface area contributed by atoms with Gasteiger partial charge in [0.2, 0.25) is 0 Å². The number of nitrogens with zero attached hydrogens (tertiary/aromatic N) is 4. The number of hydrogen-bond donors (Lipinski definition) is 2. The molecule has 3 aromatic rings. The maximum atomic E-state index is 5.23. The van der Waals surface area contributed by atoms with Crippen molar-refractivity contribution in [3.8, 4) is 11.4 Å². The molecule has 0 atom stereocenters. The minimum absolute atomic E-state index is 0. The lowest BCUT2D eigenvalue weighted by Gasteiger charge is -2.33. The first-order chi connectivity index (χ1) is 16.2. The Kier molecular flexibility index (Phi) is 10.2. The highest BCUT2D eigenvalue weighted by Gasteiger charge is 2.20. The van der Waals surface area contributed by atoms with Crippen LogP contribution in [0.2, 0.25) is 0 Å². The summed E-state index contributed by atoms with van der Waals surface area (Å²) in [6.07, 6.45) is 4.20. The Morgan fingerprint density at radius 3 is 2.47 bits per heavy atom. The van der Waals surface area contributed by atoms with Gasteiger partial charge in [-0.3, -0.25) is 4.90 Å². The van der Waals surface area contributed by atoms with E-state index in [1.54, 1.807) is 7.11 Å². The van der Waals surface area contributed by atoms with E-state index < -0.39 is 0 Å². The number of ether oxygens (including phenoxy) is 1. The first-order valence-corrected chi connectivity index (χ1v) is 11.7. The minimum atomic E-state index is 0. The Balaban J connectivity index is 0.00000324. The third-order valence-electron chi connectivity index (χ3n) is 5.90. The van der Waals surface area contributed by atoms with E-state index in [1.807, 2.05) is 41.2 Å². The van der Waals surface area contributed by atoms with E-state index in [0.29, 0.717) is 12.6 Å². The van der Waals surface area contributed by atoms with Crippen molar-refractivity contribution in [3.63, 3.8) is 0 Å². The van der Waals surface area contributed by atoms with Gasteiger partial charge in [-0.15, -0.1) is 24.0 Å². The Bertz CT molecular complexity index is 1010. The van der Waals surface area contributed by atoms with Gasteiger partial charge in [0.05, 0.1) is 25.0 Å². The SMILES string of the molecule is CCNC(=NCc1ccn(-c2ccc(OC)cc2)n1)NC1CCN(Cc2ccccc2)CC1.I. The van der Waals surface area contributed by atoms with Crippen molar-refractivity contribution in [3.05, 3.63) is 78.1 Å². The molecule has 0 amide bonds. The number of methoxy groups -OCH3 is 1. The largest absolute Gasteiger partial charge is 0.497 e. The Morgan fingerprint density at radius 1 is 1.06 bits per heavy atom. The van der Waals surface area contributed by atoms with Gasteiger partial charge in [0.1, 0.15) is 5.75 Å². The number of guanidine groups is 1. The molecule has 1 aliphatic rings. The summed E-state index contributed by atoms with van der Waals surface area (Å²) in [6.45, 7) is 6.68. The van der Waals surface area contributed by atoms with E-state index in [-0.39, 0.29) is 24.0 Å². The molecule has 1 aliphatic heterocycles. The van der Waals surface area contributed by atoms with Crippen LogP contribution in [0.15, 0.2) is 71.9 Å². The number of likely N-dealkylation sites (tertiary alicyclic amines) is 1. The number of nitrogens with one attached hydrogen (secondary N) is 2. The second-order valence-electron chi connectivity index (χ2n) is 8.33. The molecular formula is C26H35IN6O.